The molecule has 0 spiro atoms. The minimum absolute atomic E-state index is 0.116. The van der Waals surface area contributed by atoms with Gasteiger partial charge in [-0.3, -0.25) is 28.8 Å². The molecule has 1 aromatic rings. The predicted octanol–water partition coefficient (Wildman–Crippen LogP) is 0.141. The molecule has 1 aromatic carbocycles. The number of ether oxygens (including phenoxy) is 4. The summed E-state index contributed by atoms with van der Waals surface area (Å²) < 4.78 is 19.8. The zero-order valence-electron chi connectivity index (χ0n) is 17.6. The van der Waals surface area contributed by atoms with Gasteiger partial charge in [0.1, 0.15) is 25.0 Å². The van der Waals surface area contributed by atoms with Crippen LogP contribution in [0, 0.1) is 11.8 Å². The van der Waals surface area contributed by atoms with E-state index in [1.807, 2.05) is 0 Å². The SMILES string of the molecule is COCCOCC(=O)C1C(=O)c2cc3c(cc2C1=O)C(=O)C(C(=O)COCCOC)C3=O. The minimum Gasteiger partial charge on any atom is -0.382 e. The van der Waals surface area contributed by atoms with E-state index in [4.69, 9.17) is 18.9 Å². The van der Waals surface area contributed by atoms with Crippen molar-refractivity contribution in [2.75, 3.05) is 53.9 Å². The van der Waals surface area contributed by atoms with Crippen LogP contribution in [-0.2, 0) is 28.5 Å². The summed E-state index contributed by atoms with van der Waals surface area (Å²) in [6, 6.07) is 2.26. The van der Waals surface area contributed by atoms with Gasteiger partial charge in [-0.15, -0.1) is 0 Å². The van der Waals surface area contributed by atoms with Gasteiger partial charge in [0.05, 0.1) is 26.4 Å². The van der Waals surface area contributed by atoms with E-state index >= 15 is 0 Å². The minimum atomic E-state index is -1.58. The first kappa shape index (κ1) is 23.7. The molecular formula is C22H22O10. The number of benzene rings is 1. The first-order valence-electron chi connectivity index (χ1n) is 9.87. The van der Waals surface area contributed by atoms with Gasteiger partial charge in [-0.05, 0) is 12.1 Å². The molecule has 0 N–H and O–H groups in total. The standard InChI is InChI=1S/C22H22O10/c1-29-3-5-31-9-15(23)17-19(25)11-7-13-14(8-12(11)20(17)26)22(28)18(21(13)27)16(24)10-32-6-4-30-2/h7-8,17-18H,3-6,9-10H2,1-2H3. The Bertz CT molecular complexity index is 862. The van der Waals surface area contributed by atoms with Crippen LogP contribution in [0.15, 0.2) is 12.1 Å². The van der Waals surface area contributed by atoms with Crippen LogP contribution < -0.4 is 0 Å². The van der Waals surface area contributed by atoms with Crippen LogP contribution in [0.25, 0.3) is 0 Å². The van der Waals surface area contributed by atoms with Crippen molar-refractivity contribution >= 4 is 34.7 Å². The quantitative estimate of drug-likeness (QED) is 0.322. The van der Waals surface area contributed by atoms with Crippen LogP contribution in [0.1, 0.15) is 41.4 Å². The summed E-state index contributed by atoms with van der Waals surface area (Å²) in [5, 5.41) is 0. The number of rotatable bonds is 12. The molecule has 0 fully saturated rings. The van der Waals surface area contributed by atoms with Crippen LogP contribution in [0.5, 0.6) is 0 Å². The summed E-state index contributed by atoms with van der Waals surface area (Å²) in [4.78, 5) is 75.6. The number of Topliss-reactive ketones (excluding diaryl/α,β-unsaturated/α-hetero) is 6. The molecule has 0 aromatic heterocycles. The van der Waals surface area contributed by atoms with Crippen molar-refractivity contribution in [2.45, 2.75) is 0 Å². The fourth-order valence-corrected chi connectivity index (χ4v) is 3.66. The maximum atomic E-state index is 12.7. The Morgan fingerprint density at radius 2 is 0.938 bits per heavy atom. The molecular weight excluding hydrogens is 424 g/mol. The van der Waals surface area contributed by atoms with Crippen LogP contribution >= 0.6 is 0 Å². The maximum absolute atomic E-state index is 12.7. The van der Waals surface area contributed by atoms with E-state index in [0.717, 1.165) is 12.1 Å². The van der Waals surface area contributed by atoms with Crippen LogP contribution in [0.3, 0.4) is 0 Å². The molecule has 170 valence electrons. The molecule has 2 aliphatic rings. The molecule has 10 heteroatoms. The van der Waals surface area contributed by atoms with Crippen molar-refractivity contribution in [3.8, 4) is 0 Å². The van der Waals surface area contributed by atoms with Crippen molar-refractivity contribution < 1.29 is 47.7 Å². The lowest BCUT2D eigenvalue weighted by Gasteiger charge is -2.07. The average molecular weight is 446 g/mol. The molecule has 0 bridgehead atoms. The number of hydrogen-bond acceptors (Lipinski definition) is 10. The first-order valence-corrected chi connectivity index (χ1v) is 9.87. The van der Waals surface area contributed by atoms with E-state index in [1.54, 1.807) is 0 Å². The van der Waals surface area contributed by atoms with Crippen molar-refractivity contribution in [3.63, 3.8) is 0 Å². The zero-order valence-corrected chi connectivity index (χ0v) is 17.6. The molecule has 0 heterocycles. The second-order valence-electron chi connectivity index (χ2n) is 7.29. The lowest BCUT2D eigenvalue weighted by molar-refractivity contribution is -0.126. The van der Waals surface area contributed by atoms with Crippen molar-refractivity contribution in [1.29, 1.82) is 0 Å². The van der Waals surface area contributed by atoms with Gasteiger partial charge in [-0.2, -0.15) is 0 Å². The molecule has 0 aliphatic heterocycles. The first-order chi connectivity index (χ1) is 15.3. The Hall–Kier alpha value is -2.92. The molecule has 0 radical (unpaired) electrons. The van der Waals surface area contributed by atoms with E-state index in [9.17, 15) is 28.8 Å². The molecule has 10 nitrogen and oxygen atoms in total. The van der Waals surface area contributed by atoms with Crippen LogP contribution in [0.4, 0.5) is 0 Å². The summed E-state index contributed by atoms with van der Waals surface area (Å²) in [7, 11) is 2.92. The van der Waals surface area contributed by atoms with Crippen molar-refractivity contribution in [2.24, 2.45) is 11.8 Å². The second kappa shape index (κ2) is 10.1. The Labute approximate surface area is 183 Å². The third-order valence-electron chi connectivity index (χ3n) is 5.26. The molecule has 3 rings (SSSR count). The highest BCUT2D eigenvalue weighted by Crippen LogP contribution is 2.35. The van der Waals surface area contributed by atoms with Crippen LogP contribution in [-0.4, -0.2) is 88.6 Å². The normalized spacial score (nSPS) is 16.1. The van der Waals surface area contributed by atoms with Gasteiger partial charge >= 0.3 is 0 Å². The number of carbonyl (C=O) groups excluding carboxylic acids is 6. The summed E-state index contributed by atoms with van der Waals surface area (Å²) in [5.41, 5.74) is -0.464. The molecule has 2 aliphatic carbocycles. The smallest absolute Gasteiger partial charge is 0.182 e. The number of carbonyl (C=O) groups is 6. The van der Waals surface area contributed by atoms with Gasteiger partial charge in [0, 0.05) is 36.5 Å². The fraction of sp³-hybridized carbons (Fsp3) is 0.455. The Kier molecular flexibility index (Phi) is 7.52. The summed E-state index contributed by atoms with van der Waals surface area (Å²) in [5.74, 6) is -7.62. The number of methoxy groups -OCH3 is 2. The van der Waals surface area contributed by atoms with Gasteiger partial charge in [-0.1, -0.05) is 0 Å². The summed E-state index contributed by atoms with van der Waals surface area (Å²) in [6.07, 6.45) is 0. The van der Waals surface area contributed by atoms with E-state index < -0.39 is 59.7 Å². The highest BCUT2D eigenvalue weighted by atomic mass is 16.5. The highest BCUT2D eigenvalue weighted by molar-refractivity contribution is 6.40. The molecule has 0 saturated heterocycles. The van der Waals surface area contributed by atoms with E-state index in [0.29, 0.717) is 0 Å². The lowest BCUT2D eigenvalue weighted by atomic mass is 9.97. The number of fused-ring (bicyclic) bond motifs is 2. The van der Waals surface area contributed by atoms with Crippen molar-refractivity contribution in [1.82, 2.24) is 0 Å². The topological polar surface area (TPSA) is 139 Å². The lowest BCUT2D eigenvalue weighted by Crippen LogP contribution is -2.30. The molecule has 0 saturated carbocycles. The van der Waals surface area contributed by atoms with E-state index in [2.05, 4.69) is 0 Å². The zero-order chi connectivity index (χ0) is 23.4. The molecule has 0 amide bonds. The predicted molar refractivity (Wildman–Crippen MR) is 106 cm³/mol. The Morgan fingerprint density at radius 3 is 1.22 bits per heavy atom. The number of hydrogen-bond donors (Lipinski definition) is 0. The monoisotopic (exact) mass is 446 g/mol. The highest BCUT2D eigenvalue weighted by Gasteiger charge is 2.48. The van der Waals surface area contributed by atoms with Gasteiger partial charge < -0.3 is 18.9 Å². The molecule has 0 unspecified atom stereocenters. The maximum Gasteiger partial charge on any atom is 0.182 e. The van der Waals surface area contributed by atoms with Gasteiger partial charge in [0.15, 0.2) is 34.7 Å². The third kappa shape index (κ3) is 4.35. The molecule has 32 heavy (non-hydrogen) atoms. The van der Waals surface area contributed by atoms with Gasteiger partial charge in [0.2, 0.25) is 0 Å². The van der Waals surface area contributed by atoms with E-state index in [1.165, 1.54) is 14.2 Å². The fourth-order valence-electron chi connectivity index (χ4n) is 3.66. The largest absolute Gasteiger partial charge is 0.382 e. The number of ketones is 6. The summed E-state index contributed by atoms with van der Waals surface area (Å²) in [6.45, 7) is -0.172. The third-order valence-corrected chi connectivity index (χ3v) is 5.26. The van der Waals surface area contributed by atoms with E-state index in [-0.39, 0.29) is 48.7 Å². The Balaban J connectivity index is 1.78. The molecule has 0 atom stereocenters. The van der Waals surface area contributed by atoms with Gasteiger partial charge in [-0.25, -0.2) is 0 Å². The summed E-state index contributed by atoms with van der Waals surface area (Å²) >= 11 is 0. The Morgan fingerprint density at radius 1 is 0.625 bits per heavy atom. The van der Waals surface area contributed by atoms with Gasteiger partial charge in [0.25, 0.3) is 0 Å². The van der Waals surface area contributed by atoms with Crippen LogP contribution in [0.2, 0.25) is 0 Å². The van der Waals surface area contributed by atoms with Crippen molar-refractivity contribution in [3.05, 3.63) is 34.4 Å². The average Bonchev–Trinajstić information content (AvgIpc) is 3.17. The second-order valence-corrected chi connectivity index (χ2v) is 7.29.